The van der Waals surface area contributed by atoms with Crippen LogP contribution in [-0.2, 0) is 6.42 Å². The summed E-state index contributed by atoms with van der Waals surface area (Å²) in [7, 11) is 8.77. The third-order valence-electron chi connectivity index (χ3n) is 5.47. The van der Waals surface area contributed by atoms with Crippen LogP contribution in [0.4, 0.5) is 0 Å². The van der Waals surface area contributed by atoms with Crippen molar-refractivity contribution in [3.63, 3.8) is 0 Å². The van der Waals surface area contributed by atoms with Crippen molar-refractivity contribution in [2.24, 2.45) is 0 Å². The van der Waals surface area contributed by atoms with E-state index in [-0.39, 0.29) is 0 Å². The summed E-state index contributed by atoms with van der Waals surface area (Å²) >= 11 is 0. The van der Waals surface area contributed by atoms with Crippen LogP contribution in [0.15, 0.2) is 30.5 Å². The van der Waals surface area contributed by atoms with E-state index in [4.69, 9.17) is 18.9 Å². The average molecular weight is 379 g/mol. The van der Waals surface area contributed by atoms with Crippen LogP contribution in [0.2, 0.25) is 0 Å². The molecule has 4 rings (SSSR count). The van der Waals surface area contributed by atoms with E-state index in [1.165, 1.54) is 10.9 Å². The highest BCUT2D eigenvalue weighted by atomic mass is 16.5. The molecule has 0 N–H and O–H groups in total. The molecule has 0 radical (unpaired) electrons. The first kappa shape index (κ1) is 18.3. The van der Waals surface area contributed by atoms with Gasteiger partial charge < -0.3 is 23.8 Å². The van der Waals surface area contributed by atoms with Crippen LogP contribution in [0.1, 0.15) is 11.1 Å². The summed E-state index contributed by atoms with van der Waals surface area (Å²) in [4.78, 5) is 2.19. The summed E-state index contributed by atoms with van der Waals surface area (Å²) in [5, 5.41) is 4.32. The van der Waals surface area contributed by atoms with Gasteiger partial charge in [-0.15, -0.1) is 0 Å². The Labute approximate surface area is 165 Å². The number of ether oxygens (including phenoxy) is 4. The third-order valence-corrected chi connectivity index (χ3v) is 5.47. The van der Waals surface area contributed by atoms with E-state index < -0.39 is 0 Å². The Morgan fingerprint density at radius 1 is 0.821 bits per heavy atom. The zero-order chi connectivity index (χ0) is 19.8. The lowest BCUT2D eigenvalue weighted by atomic mass is 9.91. The normalized spacial score (nSPS) is 13.4. The van der Waals surface area contributed by atoms with E-state index in [1.54, 1.807) is 28.4 Å². The number of rotatable bonds is 4. The van der Waals surface area contributed by atoms with Gasteiger partial charge in [-0.2, -0.15) is 0 Å². The maximum absolute atomic E-state index is 5.88. The van der Waals surface area contributed by atoms with Gasteiger partial charge in [0.15, 0.2) is 23.0 Å². The summed E-state index contributed by atoms with van der Waals surface area (Å²) in [5.41, 5.74) is 2.35. The zero-order valence-electron chi connectivity index (χ0n) is 17.0. The fourth-order valence-corrected chi connectivity index (χ4v) is 4.07. The van der Waals surface area contributed by atoms with Gasteiger partial charge in [0, 0.05) is 24.5 Å². The van der Waals surface area contributed by atoms with Crippen LogP contribution in [0.25, 0.3) is 27.6 Å². The third kappa shape index (κ3) is 2.70. The number of nitrogens with zero attached hydrogens (tertiary/aromatic N) is 1. The van der Waals surface area contributed by atoms with E-state index >= 15 is 0 Å². The molecule has 28 heavy (non-hydrogen) atoms. The van der Waals surface area contributed by atoms with Gasteiger partial charge >= 0.3 is 0 Å². The summed E-state index contributed by atoms with van der Waals surface area (Å²) in [6.07, 6.45) is 5.13. The van der Waals surface area contributed by atoms with Crippen molar-refractivity contribution in [2.75, 3.05) is 42.0 Å². The molecule has 0 amide bonds. The molecule has 0 fully saturated rings. The fraction of sp³-hybridized carbons (Fsp3) is 0.304. The minimum absolute atomic E-state index is 0.693. The second kappa shape index (κ2) is 7.15. The van der Waals surface area contributed by atoms with Gasteiger partial charge in [0.1, 0.15) is 0 Å². The molecular formula is C23H25NO4. The van der Waals surface area contributed by atoms with Gasteiger partial charge in [-0.1, -0.05) is 12.1 Å². The number of hydrogen-bond acceptors (Lipinski definition) is 5. The van der Waals surface area contributed by atoms with Crippen molar-refractivity contribution >= 4 is 27.6 Å². The molecule has 1 heterocycles. The van der Waals surface area contributed by atoms with Gasteiger partial charge in [0.2, 0.25) is 0 Å². The molecule has 146 valence electrons. The summed E-state index contributed by atoms with van der Waals surface area (Å²) < 4.78 is 22.7. The molecule has 3 aromatic rings. The van der Waals surface area contributed by atoms with Crippen LogP contribution in [-0.4, -0.2) is 46.9 Å². The SMILES string of the molecule is COc1cc2ccc3c4c(c(OC)c(OC)c3c2cc1OC)C=CN(C)CC4. The van der Waals surface area contributed by atoms with Crippen molar-refractivity contribution in [3.8, 4) is 23.0 Å². The molecule has 0 bridgehead atoms. The molecule has 0 saturated carbocycles. The monoisotopic (exact) mass is 379 g/mol. The molecule has 3 aromatic carbocycles. The molecule has 0 saturated heterocycles. The van der Waals surface area contributed by atoms with Gasteiger partial charge in [-0.05, 0) is 52.6 Å². The Hall–Kier alpha value is -3.08. The second-order valence-corrected chi connectivity index (χ2v) is 6.92. The number of benzene rings is 3. The Morgan fingerprint density at radius 3 is 2.21 bits per heavy atom. The maximum Gasteiger partial charge on any atom is 0.169 e. The molecule has 0 spiro atoms. The Kier molecular flexibility index (Phi) is 4.67. The first-order valence-electron chi connectivity index (χ1n) is 9.26. The standard InChI is InChI=1S/C23H25NO4/c1-24-10-8-15-16-7-6-14-12-19(25-2)20(26-3)13-18(14)21(16)23(28-5)22(27-4)17(15)9-11-24/h6-7,9,11-13H,8,10H2,1-5H3. The second-order valence-electron chi connectivity index (χ2n) is 6.92. The highest BCUT2D eigenvalue weighted by Gasteiger charge is 2.23. The van der Waals surface area contributed by atoms with Gasteiger partial charge in [-0.25, -0.2) is 0 Å². The number of fused-ring (bicyclic) bond motifs is 5. The molecule has 0 unspecified atom stereocenters. The van der Waals surface area contributed by atoms with Crippen LogP contribution in [0.3, 0.4) is 0 Å². The summed E-state index contributed by atoms with van der Waals surface area (Å²) in [6, 6.07) is 8.32. The highest BCUT2D eigenvalue weighted by Crippen LogP contribution is 2.47. The zero-order valence-corrected chi connectivity index (χ0v) is 17.0. The molecule has 0 aliphatic carbocycles. The van der Waals surface area contributed by atoms with Crippen molar-refractivity contribution in [1.29, 1.82) is 0 Å². The molecule has 5 nitrogen and oxygen atoms in total. The Morgan fingerprint density at radius 2 is 1.54 bits per heavy atom. The Bertz CT molecular complexity index is 1090. The maximum atomic E-state index is 5.88. The van der Waals surface area contributed by atoms with Crippen molar-refractivity contribution in [1.82, 2.24) is 4.90 Å². The highest BCUT2D eigenvalue weighted by molar-refractivity contribution is 6.14. The minimum Gasteiger partial charge on any atom is -0.493 e. The van der Waals surface area contributed by atoms with Crippen molar-refractivity contribution in [3.05, 3.63) is 41.6 Å². The quantitative estimate of drug-likeness (QED) is 0.625. The lowest BCUT2D eigenvalue weighted by Crippen LogP contribution is -2.12. The van der Waals surface area contributed by atoms with Crippen molar-refractivity contribution < 1.29 is 18.9 Å². The first-order valence-corrected chi connectivity index (χ1v) is 9.26. The predicted octanol–water partition coefficient (Wildman–Crippen LogP) is 4.49. The molecule has 1 aliphatic rings. The molecule has 0 aromatic heterocycles. The minimum atomic E-state index is 0.693. The van der Waals surface area contributed by atoms with E-state index in [0.717, 1.165) is 46.2 Å². The van der Waals surface area contributed by atoms with Crippen LogP contribution in [0, 0.1) is 0 Å². The summed E-state index contributed by atoms with van der Waals surface area (Å²) in [6.45, 7) is 0.943. The molecule has 5 heteroatoms. The van der Waals surface area contributed by atoms with Gasteiger partial charge in [0.25, 0.3) is 0 Å². The number of methoxy groups -OCH3 is 4. The van der Waals surface area contributed by atoms with Crippen LogP contribution < -0.4 is 18.9 Å². The smallest absolute Gasteiger partial charge is 0.169 e. The number of likely N-dealkylation sites (N-methyl/N-ethyl adjacent to an activating group) is 1. The molecular weight excluding hydrogens is 354 g/mol. The summed E-state index contributed by atoms with van der Waals surface area (Å²) in [5.74, 6) is 2.90. The van der Waals surface area contributed by atoms with Crippen LogP contribution in [0.5, 0.6) is 23.0 Å². The topological polar surface area (TPSA) is 40.2 Å². The number of hydrogen-bond donors (Lipinski definition) is 0. The van der Waals surface area contributed by atoms with E-state index in [2.05, 4.69) is 36.4 Å². The van der Waals surface area contributed by atoms with Gasteiger partial charge in [0.05, 0.1) is 28.4 Å². The van der Waals surface area contributed by atoms with Gasteiger partial charge in [-0.3, -0.25) is 0 Å². The average Bonchev–Trinajstić information content (AvgIpc) is 2.93. The first-order chi connectivity index (χ1) is 13.6. The van der Waals surface area contributed by atoms with E-state index in [9.17, 15) is 0 Å². The lowest BCUT2D eigenvalue weighted by Gasteiger charge is -2.20. The largest absolute Gasteiger partial charge is 0.493 e. The fourth-order valence-electron chi connectivity index (χ4n) is 4.07. The van der Waals surface area contributed by atoms with E-state index in [1.807, 2.05) is 12.1 Å². The Balaban J connectivity index is 2.17. The predicted molar refractivity (Wildman–Crippen MR) is 113 cm³/mol. The van der Waals surface area contributed by atoms with Crippen LogP contribution >= 0.6 is 0 Å². The lowest BCUT2D eigenvalue weighted by molar-refractivity contribution is 0.355. The van der Waals surface area contributed by atoms with Crippen molar-refractivity contribution in [2.45, 2.75) is 6.42 Å². The molecule has 1 aliphatic heterocycles. The van der Waals surface area contributed by atoms with E-state index in [0.29, 0.717) is 11.5 Å². The molecule has 0 atom stereocenters.